The van der Waals surface area contributed by atoms with Gasteiger partial charge in [0.1, 0.15) is 0 Å². The van der Waals surface area contributed by atoms with E-state index in [0.717, 1.165) is 31.5 Å². The molecule has 3 heteroatoms. The Kier molecular flexibility index (Phi) is 7.55. The minimum absolute atomic E-state index is 0.173. The summed E-state index contributed by atoms with van der Waals surface area (Å²) >= 11 is 0. The third-order valence-electron chi connectivity index (χ3n) is 4.77. The molecule has 0 aromatic heterocycles. The van der Waals surface area contributed by atoms with Crippen LogP contribution in [-0.4, -0.2) is 31.1 Å². The number of hydrogen-bond acceptors (Lipinski definition) is 3. The Morgan fingerprint density at radius 1 is 0.955 bits per heavy atom. The number of nitrogens with zero attached hydrogens (tertiary/aromatic N) is 1. The maximum absolute atomic E-state index is 12.3. The van der Waals surface area contributed by atoms with Crippen LogP contribution in [0.1, 0.15) is 70.6 Å². The van der Waals surface area contributed by atoms with Crippen molar-refractivity contribution in [3.05, 3.63) is 23.4 Å². The molecule has 0 radical (unpaired) electrons. The van der Waals surface area contributed by atoms with Crippen molar-refractivity contribution in [3.63, 3.8) is 0 Å². The third-order valence-corrected chi connectivity index (χ3v) is 4.77. The van der Waals surface area contributed by atoms with Gasteiger partial charge in [0.25, 0.3) is 0 Å². The lowest BCUT2D eigenvalue weighted by Gasteiger charge is -2.24. The first-order valence-corrected chi connectivity index (χ1v) is 9.06. The molecular formula is C19H31NO2. The smallest absolute Gasteiger partial charge is 0.339 e. The zero-order chi connectivity index (χ0) is 15.6. The van der Waals surface area contributed by atoms with Gasteiger partial charge in [-0.3, -0.25) is 0 Å². The number of ether oxygens (including phenoxy) is 1. The maximum Gasteiger partial charge on any atom is 0.339 e. The molecule has 0 aromatic carbocycles. The predicted molar refractivity (Wildman–Crippen MR) is 90.5 cm³/mol. The molecule has 124 valence electrons. The van der Waals surface area contributed by atoms with Crippen molar-refractivity contribution >= 4 is 5.97 Å². The third kappa shape index (κ3) is 5.19. The van der Waals surface area contributed by atoms with E-state index in [4.69, 9.17) is 4.74 Å². The standard InChI is InChI=1S/C19H31NO2/c1-22-19(21)17-13-9-7-5-3-2-4-6-8-10-14-18(17)20-15-11-12-16-20/h9,13H,2-8,10-12,14-16H2,1H3/b13-9+,18-17-. The highest BCUT2D eigenvalue weighted by molar-refractivity contribution is 5.92. The van der Waals surface area contributed by atoms with Crippen molar-refractivity contribution < 1.29 is 9.53 Å². The molecule has 0 saturated carbocycles. The summed E-state index contributed by atoms with van der Waals surface area (Å²) in [6.07, 6.45) is 17.8. The molecule has 2 aliphatic rings. The molecule has 1 saturated heterocycles. The van der Waals surface area contributed by atoms with E-state index in [1.807, 2.05) is 6.08 Å². The highest BCUT2D eigenvalue weighted by atomic mass is 16.5. The monoisotopic (exact) mass is 305 g/mol. The lowest BCUT2D eigenvalue weighted by molar-refractivity contribution is -0.135. The van der Waals surface area contributed by atoms with E-state index in [-0.39, 0.29) is 5.97 Å². The zero-order valence-corrected chi connectivity index (χ0v) is 14.1. The van der Waals surface area contributed by atoms with Crippen molar-refractivity contribution in [3.8, 4) is 0 Å². The van der Waals surface area contributed by atoms with Gasteiger partial charge in [-0.15, -0.1) is 0 Å². The van der Waals surface area contributed by atoms with Crippen molar-refractivity contribution in [1.82, 2.24) is 4.90 Å². The first-order valence-electron chi connectivity index (χ1n) is 9.06. The molecule has 0 N–H and O–H groups in total. The quantitative estimate of drug-likeness (QED) is 0.699. The van der Waals surface area contributed by atoms with Crippen LogP contribution < -0.4 is 0 Å². The number of methoxy groups -OCH3 is 1. The van der Waals surface area contributed by atoms with Gasteiger partial charge >= 0.3 is 5.97 Å². The van der Waals surface area contributed by atoms with E-state index in [1.165, 1.54) is 70.6 Å². The Morgan fingerprint density at radius 3 is 2.27 bits per heavy atom. The van der Waals surface area contributed by atoms with E-state index >= 15 is 0 Å². The van der Waals surface area contributed by atoms with Gasteiger partial charge in [-0.1, -0.05) is 38.2 Å². The molecule has 2 rings (SSSR count). The molecule has 1 heterocycles. The lowest BCUT2D eigenvalue weighted by Crippen LogP contribution is -2.23. The van der Waals surface area contributed by atoms with Crippen LogP contribution in [0.25, 0.3) is 0 Å². The summed E-state index contributed by atoms with van der Waals surface area (Å²) in [5.74, 6) is -0.173. The van der Waals surface area contributed by atoms with Gasteiger partial charge in [0, 0.05) is 18.8 Å². The van der Waals surface area contributed by atoms with Gasteiger partial charge in [-0.25, -0.2) is 4.79 Å². The summed E-state index contributed by atoms with van der Waals surface area (Å²) in [6, 6.07) is 0. The number of carbonyl (C=O) groups excluding carboxylic acids is 1. The molecule has 1 aliphatic carbocycles. The second-order valence-electron chi connectivity index (χ2n) is 6.46. The van der Waals surface area contributed by atoms with E-state index < -0.39 is 0 Å². The highest BCUT2D eigenvalue weighted by Crippen LogP contribution is 2.25. The number of allylic oxidation sites excluding steroid dienone is 2. The fraction of sp³-hybridized carbons (Fsp3) is 0.737. The van der Waals surface area contributed by atoms with Gasteiger partial charge in [-0.2, -0.15) is 0 Å². The molecule has 0 atom stereocenters. The van der Waals surface area contributed by atoms with E-state index in [9.17, 15) is 4.79 Å². The Bertz CT molecular complexity index is 406. The van der Waals surface area contributed by atoms with E-state index in [2.05, 4.69) is 11.0 Å². The SMILES string of the molecule is COC(=O)C1=C(\N2CCCC2)CCCCCCCCC\C=C\1. The Morgan fingerprint density at radius 2 is 1.59 bits per heavy atom. The van der Waals surface area contributed by atoms with Crippen LogP contribution in [0.4, 0.5) is 0 Å². The van der Waals surface area contributed by atoms with E-state index in [0.29, 0.717) is 0 Å². The van der Waals surface area contributed by atoms with Gasteiger partial charge < -0.3 is 9.64 Å². The van der Waals surface area contributed by atoms with Crippen LogP contribution in [0, 0.1) is 0 Å². The van der Waals surface area contributed by atoms with Crippen LogP contribution >= 0.6 is 0 Å². The molecule has 3 nitrogen and oxygen atoms in total. The van der Waals surface area contributed by atoms with Crippen molar-refractivity contribution in [2.75, 3.05) is 20.2 Å². The number of carbonyl (C=O) groups is 1. The molecule has 1 fully saturated rings. The minimum Gasteiger partial charge on any atom is -0.465 e. The molecule has 22 heavy (non-hydrogen) atoms. The average Bonchev–Trinajstić information content (AvgIpc) is 3.06. The average molecular weight is 305 g/mol. The normalized spacial score (nSPS) is 26.7. The van der Waals surface area contributed by atoms with Gasteiger partial charge in [0.05, 0.1) is 12.7 Å². The predicted octanol–water partition coefficient (Wildman–Crippen LogP) is 4.59. The Labute approximate surface area is 135 Å². The summed E-state index contributed by atoms with van der Waals surface area (Å²) in [4.78, 5) is 14.7. The fourth-order valence-electron chi connectivity index (χ4n) is 3.48. The van der Waals surface area contributed by atoms with Crippen LogP contribution in [0.3, 0.4) is 0 Å². The first-order chi connectivity index (χ1) is 10.8. The van der Waals surface area contributed by atoms with Gasteiger partial charge in [0.15, 0.2) is 0 Å². The van der Waals surface area contributed by atoms with Crippen LogP contribution in [0.5, 0.6) is 0 Å². The first kappa shape index (κ1) is 17.1. The fourth-order valence-corrected chi connectivity index (χ4v) is 3.48. The van der Waals surface area contributed by atoms with Crippen molar-refractivity contribution in [2.45, 2.75) is 70.6 Å². The summed E-state index contributed by atoms with van der Waals surface area (Å²) in [6.45, 7) is 2.17. The van der Waals surface area contributed by atoms with Crippen molar-refractivity contribution in [2.24, 2.45) is 0 Å². The molecule has 1 aliphatic heterocycles. The highest BCUT2D eigenvalue weighted by Gasteiger charge is 2.21. The van der Waals surface area contributed by atoms with Crippen LogP contribution in [-0.2, 0) is 9.53 Å². The van der Waals surface area contributed by atoms with Crippen LogP contribution in [0.15, 0.2) is 23.4 Å². The molecule has 0 unspecified atom stereocenters. The summed E-state index contributed by atoms with van der Waals surface area (Å²) in [5.41, 5.74) is 2.02. The van der Waals surface area contributed by atoms with Gasteiger partial charge in [-0.05, 0) is 44.6 Å². The largest absolute Gasteiger partial charge is 0.465 e. The molecule has 0 amide bonds. The zero-order valence-electron chi connectivity index (χ0n) is 14.1. The van der Waals surface area contributed by atoms with E-state index in [1.54, 1.807) is 0 Å². The number of rotatable bonds is 2. The molecule has 0 spiro atoms. The van der Waals surface area contributed by atoms with Crippen LogP contribution in [0.2, 0.25) is 0 Å². The number of esters is 1. The topological polar surface area (TPSA) is 29.5 Å². The maximum atomic E-state index is 12.3. The minimum atomic E-state index is -0.173. The van der Waals surface area contributed by atoms with Gasteiger partial charge in [0.2, 0.25) is 0 Å². The lowest BCUT2D eigenvalue weighted by atomic mass is 10.0. The number of likely N-dealkylation sites (tertiary alicyclic amines) is 1. The van der Waals surface area contributed by atoms with Crippen molar-refractivity contribution in [1.29, 1.82) is 0 Å². The summed E-state index contributed by atoms with van der Waals surface area (Å²) < 4.78 is 5.05. The Balaban J connectivity index is 2.21. The number of hydrogen-bond donors (Lipinski definition) is 0. The second-order valence-corrected chi connectivity index (χ2v) is 6.46. The summed E-state index contributed by atoms with van der Waals surface area (Å²) in [7, 11) is 1.49. The summed E-state index contributed by atoms with van der Waals surface area (Å²) in [5, 5.41) is 0. The second kappa shape index (κ2) is 9.70. The Hall–Kier alpha value is -1.25. The molecule has 0 bridgehead atoms. The molecule has 0 aromatic rings. The molecular weight excluding hydrogens is 274 g/mol.